The summed E-state index contributed by atoms with van der Waals surface area (Å²) >= 11 is 0. The van der Waals surface area contributed by atoms with Gasteiger partial charge in [0.2, 0.25) is 5.95 Å². The van der Waals surface area contributed by atoms with E-state index in [-0.39, 0.29) is 4.90 Å². The van der Waals surface area contributed by atoms with E-state index in [0.717, 1.165) is 33.5 Å². The Morgan fingerprint density at radius 2 is 1.77 bits per heavy atom. The van der Waals surface area contributed by atoms with E-state index < -0.39 is 9.84 Å². The lowest BCUT2D eigenvalue weighted by molar-refractivity contribution is 0.602. The Morgan fingerprint density at radius 3 is 2.53 bits per heavy atom. The zero-order valence-electron chi connectivity index (χ0n) is 16.3. The monoisotopic (exact) mass is 418 g/mol. The highest BCUT2D eigenvalue weighted by Crippen LogP contribution is 2.25. The largest absolute Gasteiger partial charge is 0.334 e. The normalized spacial score (nSPS) is 11.9. The van der Waals surface area contributed by atoms with Crippen LogP contribution in [-0.4, -0.2) is 38.8 Å². The highest BCUT2D eigenvalue weighted by atomic mass is 32.2. The molecule has 0 bridgehead atoms. The summed E-state index contributed by atoms with van der Waals surface area (Å²) in [6.07, 6.45) is 4.72. The Morgan fingerprint density at radius 1 is 0.967 bits per heavy atom. The number of sulfone groups is 1. The second-order valence-electron chi connectivity index (χ2n) is 7.12. The quantitative estimate of drug-likeness (QED) is 0.481. The van der Waals surface area contributed by atoms with Crippen LogP contribution in [0.15, 0.2) is 72.0 Å². The highest BCUT2D eigenvalue weighted by molar-refractivity contribution is 7.90. The van der Waals surface area contributed by atoms with Gasteiger partial charge in [-0.1, -0.05) is 12.1 Å². The van der Waals surface area contributed by atoms with Crippen LogP contribution in [0.2, 0.25) is 0 Å². The van der Waals surface area contributed by atoms with Gasteiger partial charge in [-0.3, -0.25) is 0 Å². The van der Waals surface area contributed by atoms with Crippen LogP contribution in [0.25, 0.3) is 27.8 Å². The molecule has 0 unspecified atom stereocenters. The molecule has 9 heteroatoms. The molecule has 0 fully saturated rings. The molecule has 0 spiro atoms. The number of aryl methyl sites for hydroxylation is 1. The first-order valence-corrected chi connectivity index (χ1v) is 11.1. The average Bonchev–Trinajstić information content (AvgIpc) is 3.31. The molecule has 3 aromatic heterocycles. The fourth-order valence-corrected chi connectivity index (χ4v) is 4.01. The molecule has 8 nitrogen and oxygen atoms in total. The summed E-state index contributed by atoms with van der Waals surface area (Å²) < 4.78 is 27.2. The summed E-state index contributed by atoms with van der Waals surface area (Å²) in [5, 5.41) is 7.86. The van der Waals surface area contributed by atoms with Crippen molar-refractivity contribution in [2.75, 3.05) is 11.6 Å². The fourth-order valence-electron chi connectivity index (χ4n) is 3.38. The maximum absolute atomic E-state index is 11.7. The molecule has 1 N–H and O–H groups in total. The van der Waals surface area contributed by atoms with Crippen molar-refractivity contribution in [2.24, 2.45) is 7.05 Å². The molecule has 0 aliphatic heterocycles. The van der Waals surface area contributed by atoms with Crippen LogP contribution in [0.4, 0.5) is 11.6 Å². The lowest BCUT2D eigenvalue weighted by Gasteiger charge is -2.08. The number of rotatable bonds is 4. The number of benzene rings is 2. The van der Waals surface area contributed by atoms with Crippen molar-refractivity contribution in [3.8, 4) is 11.3 Å². The third-order valence-electron chi connectivity index (χ3n) is 4.96. The van der Waals surface area contributed by atoms with Crippen LogP contribution in [0, 0.1) is 0 Å². The molecule has 5 aromatic rings. The molecule has 0 atom stereocenters. The van der Waals surface area contributed by atoms with Gasteiger partial charge in [-0.2, -0.15) is 0 Å². The Balaban J connectivity index is 1.51. The molecule has 2 aromatic carbocycles. The standard InChI is InChI=1S/C21H18N6O2S/c1-26-13-23-18-9-5-15(11-20(18)26)24-21-22-12-16-6-10-19(27(16)25-21)14-3-7-17(8-4-14)30(2,28)29/h3-13H,1-2H3,(H,24,25). The van der Waals surface area contributed by atoms with Gasteiger partial charge in [-0.05, 0) is 42.5 Å². The van der Waals surface area contributed by atoms with Crippen LogP contribution in [-0.2, 0) is 16.9 Å². The Hall–Kier alpha value is -3.72. The molecule has 3 heterocycles. The molecule has 150 valence electrons. The Bertz CT molecular complexity index is 1500. The predicted octanol–water partition coefficient (Wildman–Crippen LogP) is 3.43. The molecular formula is C21H18N6O2S. The third kappa shape index (κ3) is 3.18. The summed E-state index contributed by atoms with van der Waals surface area (Å²) in [5.41, 5.74) is 5.33. The van der Waals surface area contributed by atoms with Crippen LogP contribution in [0.3, 0.4) is 0 Å². The zero-order valence-corrected chi connectivity index (χ0v) is 17.1. The number of hydrogen-bond donors (Lipinski definition) is 1. The number of nitrogens with one attached hydrogen (secondary N) is 1. The summed E-state index contributed by atoms with van der Waals surface area (Å²) in [6, 6.07) is 16.5. The van der Waals surface area contributed by atoms with E-state index >= 15 is 0 Å². The summed E-state index contributed by atoms with van der Waals surface area (Å²) in [5.74, 6) is 0.453. The zero-order chi connectivity index (χ0) is 20.9. The number of imidazole rings is 1. The number of fused-ring (bicyclic) bond motifs is 2. The predicted molar refractivity (Wildman–Crippen MR) is 116 cm³/mol. The molecule has 0 saturated carbocycles. The van der Waals surface area contributed by atoms with E-state index in [2.05, 4.69) is 20.4 Å². The second-order valence-corrected chi connectivity index (χ2v) is 9.13. The Kier molecular flexibility index (Phi) is 4.07. The van der Waals surface area contributed by atoms with Crippen molar-refractivity contribution >= 4 is 38.0 Å². The van der Waals surface area contributed by atoms with Gasteiger partial charge in [0.1, 0.15) is 0 Å². The van der Waals surface area contributed by atoms with E-state index in [1.165, 1.54) is 6.26 Å². The van der Waals surface area contributed by atoms with E-state index in [1.807, 2.05) is 41.9 Å². The molecule has 0 amide bonds. The van der Waals surface area contributed by atoms with Gasteiger partial charge in [-0.25, -0.2) is 22.9 Å². The van der Waals surface area contributed by atoms with Gasteiger partial charge in [0.15, 0.2) is 9.84 Å². The molecule has 0 aliphatic carbocycles. The summed E-state index contributed by atoms with van der Waals surface area (Å²) in [6.45, 7) is 0. The molecule has 0 saturated heterocycles. The minimum absolute atomic E-state index is 0.287. The van der Waals surface area contributed by atoms with Crippen molar-refractivity contribution in [3.63, 3.8) is 0 Å². The third-order valence-corrected chi connectivity index (χ3v) is 6.09. The average molecular weight is 418 g/mol. The van der Waals surface area contributed by atoms with Gasteiger partial charge in [-0.15, -0.1) is 5.10 Å². The van der Waals surface area contributed by atoms with Crippen molar-refractivity contribution in [1.29, 1.82) is 0 Å². The van der Waals surface area contributed by atoms with Crippen molar-refractivity contribution < 1.29 is 8.42 Å². The van der Waals surface area contributed by atoms with Crippen LogP contribution < -0.4 is 5.32 Å². The van der Waals surface area contributed by atoms with Gasteiger partial charge in [0.25, 0.3) is 0 Å². The summed E-state index contributed by atoms with van der Waals surface area (Å²) in [7, 11) is -1.29. The Labute approximate surface area is 172 Å². The van der Waals surface area contributed by atoms with Crippen LogP contribution in [0.5, 0.6) is 0 Å². The molecular weight excluding hydrogens is 400 g/mol. The SMILES string of the molecule is Cn1cnc2ccc(Nc3ncc4ccc(-c5ccc(S(C)(=O)=O)cc5)n4n3)cc21. The van der Waals surface area contributed by atoms with Gasteiger partial charge >= 0.3 is 0 Å². The van der Waals surface area contributed by atoms with Crippen molar-refractivity contribution in [1.82, 2.24) is 24.1 Å². The van der Waals surface area contributed by atoms with Gasteiger partial charge in [0, 0.05) is 24.6 Å². The second kappa shape index (κ2) is 6.67. The topological polar surface area (TPSA) is 94.2 Å². The fraction of sp³-hybridized carbons (Fsp3) is 0.0952. The lowest BCUT2D eigenvalue weighted by atomic mass is 10.2. The minimum atomic E-state index is -3.24. The van der Waals surface area contributed by atoms with Crippen molar-refractivity contribution in [2.45, 2.75) is 4.90 Å². The van der Waals surface area contributed by atoms with E-state index in [1.54, 1.807) is 41.3 Å². The van der Waals surface area contributed by atoms with Crippen molar-refractivity contribution in [3.05, 3.63) is 67.1 Å². The highest BCUT2D eigenvalue weighted by Gasteiger charge is 2.11. The first-order valence-electron chi connectivity index (χ1n) is 9.22. The van der Waals surface area contributed by atoms with E-state index in [0.29, 0.717) is 5.95 Å². The van der Waals surface area contributed by atoms with E-state index in [4.69, 9.17) is 0 Å². The molecule has 0 aliphatic rings. The minimum Gasteiger partial charge on any atom is -0.334 e. The smallest absolute Gasteiger partial charge is 0.245 e. The van der Waals surface area contributed by atoms with Crippen LogP contribution in [0.1, 0.15) is 0 Å². The molecule has 0 radical (unpaired) electrons. The first kappa shape index (κ1) is 18.3. The number of hydrogen-bond acceptors (Lipinski definition) is 6. The van der Waals surface area contributed by atoms with Gasteiger partial charge < -0.3 is 9.88 Å². The summed E-state index contributed by atoms with van der Waals surface area (Å²) in [4.78, 5) is 9.02. The lowest BCUT2D eigenvalue weighted by Crippen LogP contribution is -2.03. The first-order chi connectivity index (χ1) is 14.4. The van der Waals surface area contributed by atoms with Crippen LogP contribution >= 0.6 is 0 Å². The van der Waals surface area contributed by atoms with Gasteiger partial charge in [0.05, 0.1) is 39.7 Å². The number of aromatic nitrogens is 5. The number of anilines is 2. The maximum atomic E-state index is 11.7. The molecule has 30 heavy (non-hydrogen) atoms. The maximum Gasteiger partial charge on any atom is 0.245 e. The number of nitrogens with zero attached hydrogens (tertiary/aromatic N) is 5. The van der Waals surface area contributed by atoms with E-state index in [9.17, 15) is 8.42 Å². The molecule has 5 rings (SSSR count).